The van der Waals surface area contributed by atoms with Gasteiger partial charge in [-0.2, -0.15) is 0 Å². The number of hydrogen-bond donors (Lipinski definition) is 0. The van der Waals surface area contributed by atoms with Crippen molar-refractivity contribution in [2.24, 2.45) is 0 Å². The summed E-state index contributed by atoms with van der Waals surface area (Å²) in [6, 6.07) is 0. The first kappa shape index (κ1) is 36.1. The van der Waals surface area contributed by atoms with E-state index < -0.39 is 0 Å². The van der Waals surface area contributed by atoms with Crippen LogP contribution in [0.15, 0.2) is 0 Å². The Morgan fingerprint density at radius 1 is 0.333 bits per heavy atom. The average Bonchev–Trinajstić information content (AvgIpc) is 2.16. The van der Waals surface area contributed by atoms with Crippen molar-refractivity contribution >= 4 is 0 Å². The van der Waals surface area contributed by atoms with E-state index in [-0.39, 0.29) is 27.4 Å². The van der Waals surface area contributed by atoms with Gasteiger partial charge in [-0.1, -0.05) is 84.5 Å². The summed E-state index contributed by atoms with van der Waals surface area (Å²) in [4.78, 5) is 0. The zero-order chi connectivity index (χ0) is 9.78. The molecule has 0 radical (unpaired) electrons. The van der Waals surface area contributed by atoms with Gasteiger partial charge in [0.05, 0.1) is 0 Å². The summed E-state index contributed by atoms with van der Waals surface area (Å²) in [5.41, 5.74) is 0. The van der Waals surface area contributed by atoms with Gasteiger partial charge in [-0.3, -0.25) is 0 Å². The van der Waals surface area contributed by atoms with E-state index in [9.17, 15) is 0 Å². The second-order valence-electron chi connectivity index (χ2n) is 4.18. The summed E-state index contributed by atoms with van der Waals surface area (Å²) < 4.78 is 0. The Balaban J connectivity index is -0.0000000720. The van der Waals surface area contributed by atoms with Gasteiger partial charge in [0.15, 0.2) is 0 Å². The average molecular weight is 274 g/mol. The summed E-state index contributed by atoms with van der Waals surface area (Å²) in [6.45, 7) is 4.56. The fraction of sp³-hybridized carbons (Fsp3) is 1.00. The lowest BCUT2D eigenvalue weighted by Crippen LogP contribution is -1.80. The molecule has 5 heteroatoms. The van der Waals surface area contributed by atoms with Crippen molar-refractivity contribution < 1.29 is 27.4 Å². The largest absolute Gasteiger partial charge is 0.412 e. The molecule has 0 bridgehead atoms. The minimum atomic E-state index is 0. The second kappa shape index (κ2) is 36.0. The molecule has 0 saturated carbocycles. The Morgan fingerprint density at radius 2 is 0.500 bits per heavy atom. The molecule has 0 aromatic rings. The Morgan fingerprint density at radius 3 is 0.667 bits per heavy atom. The summed E-state index contributed by atoms with van der Waals surface area (Å²) in [6.07, 6.45) is 15.9. The van der Waals surface area contributed by atoms with E-state index in [2.05, 4.69) is 13.8 Å². The third-order valence-corrected chi connectivity index (χ3v) is 2.71. The van der Waals surface area contributed by atoms with Crippen LogP contribution in [0, 0.1) is 0 Å². The Kier molecular flexibility index (Phi) is 72.1. The lowest BCUT2D eigenvalue weighted by atomic mass is 10.1. The first-order chi connectivity index (χ1) is 6.41. The Hall–Kier alpha value is -0.200. The van der Waals surface area contributed by atoms with Gasteiger partial charge in [0, 0.05) is 0 Å². The van der Waals surface area contributed by atoms with Crippen LogP contribution in [0.2, 0.25) is 0 Å². The Labute approximate surface area is 113 Å². The molecule has 0 amide bonds. The van der Waals surface area contributed by atoms with Crippen LogP contribution in [-0.4, -0.2) is 27.4 Å². The van der Waals surface area contributed by atoms with Gasteiger partial charge in [0.1, 0.15) is 0 Å². The highest BCUT2D eigenvalue weighted by atomic mass is 16.0. The summed E-state index contributed by atoms with van der Waals surface area (Å²) in [5, 5.41) is 0. The molecule has 5 nitrogen and oxygen atoms in total. The van der Waals surface area contributed by atoms with Gasteiger partial charge in [-0.25, -0.2) is 0 Å². The van der Waals surface area contributed by atoms with Gasteiger partial charge in [-0.15, -0.1) is 0 Å². The molecule has 0 aliphatic carbocycles. The summed E-state index contributed by atoms with van der Waals surface area (Å²) in [7, 11) is 0. The van der Waals surface area contributed by atoms with Crippen LogP contribution >= 0.6 is 0 Å². The van der Waals surface area contributed by atoms with Gasteiger partial charge < -0.3 is 27.4 Å². The highest BCUT2D eigenvalue weighted by Crippen LogP contribution is 2.10. The molecule has 0 heterocycles. The van der Waals surface area contributed by atoms with Crippen molar-refractivity contribution in [3.8, 4) is 0 Å². The number of unbranched alkanes of at least 4 members (excludes halogenated alkanes) is 10. The molecule has 0 spiro atoms. The third-order valence-electron chi connectivity index (χ3n) is 2.71. The van der Waals surface area contributed by atoms with Gasteiger partial charge in [0.2, 0.25) is 0 Å². The van der Waals surface area contributed by atoms with Crippen LogP contribution in [0.1, 0.15) is 84.5 Å². The van der Waals surface area contributed by atoms with Crippen molar-refractivity contribution in [3.63, 3.8) is 0 Å². The van der Waals surface area contributed by atoms with E-state index >= 15 is 0 Å². The smallest absolute Gasteiger partial charge is 0.0533 e. The lowest BCUT2D eigenvalue weighted by molar-refractivity contribution is 0.554. The van der Waals surface area contributed by atoms with E-state index in [1.165, 1.54) is 70.6 Å². The fourth-order valence-corrected chi connectivity index (χ4v) is 1.74. The molecule has 0 atom stereocenters. The van der Waals surface area contributed by atoms with E-state index in [0.717, 1.165) is 0 Å². The van der Waals surface area contributed by atoms with E-state index in [1.54, 1.807) is 0 Å². The van der Waals surface area contributed by atoms with E-state index in [1.807, 2.05) is 0 Å². The minimum absolute atomic E-state index is 0. The maximum Gasteiger partial charge on any atom is -0.0533 e. The molecule has 0 aromatic carbocycles. The quantitative estimate of drug-likeness (QED) is 0.524. The van der Waals surface area contributed by atoms with Crippen LogP contribution in [0.3, 0.4) is 0 Å². The SMILES string of the molecule is CCCCCCCCCCCCC.O.O.O.O.O. The van der Waals surface area contributed by atoms with Gasteiger partial charge in [0.25, 0.3) is 0 Å². The monoisotopic (exact) mass is 274 g/mol. The molecule has 0 aromatic heterocycles. The van der Waals surface area contributed by atoms with Crippen LogP contribution in [0.4, 0.5) is 0 Å². The zero-order valence-corrected chi connectivity index (χ0v) is 12.3. The lowest BCUT2D eigenvalue weighted by Gasteiger charge is -2.00. The Bertz CT molecular complexity index is 81.5. The van der Waals surface area contributed by atoms with Crippen molar-refractivity contribution in [1.29, 1.82) is 0 Å². The molecular formula is C13H38O5. The van der Waals surface area contributed by atoms with Crippen molar-refractivity contribution in [3.05, 3.63) is 0 Å². The first-order valence-corrected chi connectivity index (χ1v) is 6.41. The minimum Gasteiger partial charge on any atom is -0.412 e. The summed E-state index contributed by atoms with van der Waals surface area (Å²) >= 11 is 0. The summed E-state index contributed by atoms with van der Waals surface area (Å²) in [5.74, 6) is 0. The molecule has 0 saturated heterocycles. The van der Waals surface area contributed by atoms with Gasteiger partial charge >= 0.3 is 0 Å². The number of rotatable bonds is 10. The fourth-order valence-electron chi connectivity index (χ4n) is 1.74. The van der Waals surface area contributed by atoms with Crippen molar-refractivity contribution in [2.75, 3.05) is 0 Å². The molecule has 18 heavy (non-hydrogen) atoms. The molecule has 0 aliphatic heterocycles. The van der Waals surface area contributed by atoms with Crippen LogP contribution in [-0.2, 0) is 0 Å². The van der Waals surface area contributed by atoms with E-state index in [4.69, 9.17) is 0 Å². The van der Waals surface area contributed by atoms with Crippen molar-refractivity contribution in [1.82, 2.24) is 0 Å². The topological polar surface area (TPSA) is 158 Å². The third kappa shape index (κ3) is 36.0. The molecule has 0 aliphatic rings. The molecular weight excluding hydrogens is 236 g/mol. The maximum atomic E-state index is 2.28. The maximum absolute atomic E-state index is 2.28. The normalized spacial score (nSPS) is 7.67. The second-order valence-corrected chi connectivity index (χ2v) is 4.18. The van der Waals surface area contributed by atoms with Crippen molar-refractivity contribution in [2.45, 2.75) is 84.5 Å². The van der Waals surface area contributed by atoms with Crippen LogP contribution in [0.25, 0.3) is 0 Å². The molecule has 0 fully saturated rings. The van der Waals surface area contributed by atoms with E-state index in [0.29, 0.717) is 0 Å². The molecule has 120 valence electrons. The van der Waals surface area contributed by atoms with Crippen LogP contribution in [0.5, 0.6) is 0 Å². The first-order valence-electron chi connectivity index (χ1n) is 6.41. The standard InChI is InChI=1S/C13H28.5H2O/c1-3-5-7-9-11-13-12-10-8-6-4-2;;;;;/h3-13H2,1-2H3;5*1H2. The van der Waals surface area contributed by atoms with Crippen LogP contribution < -0.4 is 0 Å². The predicted molar refractivity (Wildman–Crippen MR) is 80.2 cm³/mol. The van der Waals surface area contributed by atoms with Gasteiger partial charge in [-0.05, 0) is 0 Å². The molecule has 0 rings (SSSR count). The highest BCUT2D eigenvalue weighted by molar-refractivity contribution is 4.46. The molecule has 0 unspecified atom stereocenters. The molecule has 10 N–H and O–H groups in total. The number of hydrogen-bond acceptors (Lipinski definition) is 0. The highest BCUT2D eigenvalue weighted by Gasteiger charge is 1.90. The predicted octanol–water partition coefficient (Wildman–Crippen LogP) is 1.19. The zero-order valence-electron chi connectivity index (χ0n) is 12.3.